The van der Waals surface area contributed by atoms with E-state index in [1.807, 2.05) is 6.07 Å². The monoisotopic (exact) mass is 368 g/mol. The standard InChI is InChI=1S/C21H28N4O2/c1-21(2)8-9-25(17(21)14-16-6-4-3-5-7-16)20-22-18(15-19(26)23-20)24-10-12-27-13-11-24/h3-7,15,17H,8-14H2,1-2H3,(H,22,23,26). The van der Waals surface area contributed by atoms with Crippen molar-refractivity contribution < 1.29 is 4.74 Å². The van der Waals surface area contributed by atoms with Crippen molar-refractivity contribution in [1.82, 2.24) is 9.97 Å². The average Bonchev–Trinajstić information content (AvgIpc) is 2.97. The number of hydrogen-bond acceptors (Lipinski definition) is 5. The maximum absolute atomic E-state index is 12.4. The molecule has 6 nitrogen and oxygen atoms in total. The van der Waals surface area contributed by atoms with Crippen molar-refractivity contribution in [3.63, 3.8) is 0 Å². The first-order chi connectivity index (χ1) is 13.0. The number of aromatic nitrogens is 2. The second kappa shape index (κ2) is 7.35. The fraction of sp³-hybridized carbons (Fsp3) is 0.524. The molecule has 2 aliphatic rings. The third-order valence-corrected chi connectivity index (χ3v) is 5.87. The highest BCUT2D eigenvalue weighted by Crippen LogP contribution is 2.39. The van der Waals surface area contributed by atoms with Crippen LogP contribution in [-0.2, 0) is 11.2 Å². The second-order valence-electron chi connectivity index (χ2n) is 8.16. The fourth-order valence-electron chi connectivity index (χ4n) is 4.15. The predicted molar refractivity (Wildman–Crippen MR) is 108 cm³/mol. The predicted octanol–water partition coefficient (Wildman–Crippen LogP) is 2.45. The summed E-state index contributed by atoms with van der Waals surface area (Å²) >= 11 is 0. The summed E-state index contributed by atoms with van der Waals surface area (Å²) in [6.45, 7) is 8.42. The number of nitrogens with one attached hydrogen (secondary N) is 1. The molecule has 1 unspecified atom stereocenters. The van der Waals surface area contributed by atoms with E-state index < -0.39 is 0 Å². The minimum Gasteiger partial charge on any atom is -0.378 e. The van der Waals surface area contributed by atoms with Crippen molar-refractivity contribution in [2.45, 2.75) is 32.7 Å². The molecule has 1 aromatic heterocycles. The van der Waals surface area contributed by atoms with E-state index in [2.05, 4.69) is 52.9 Å². The number of H-pyrrole nitrogens is 1. The van der Waals surface area contributed by atoms with Gasteiger partial charge in [0.1, 0.15) is 5.82 Å². The lowest BCUT2D eigenvalue weighted by atomic mass is 9.81. The number of hydrogen-bond donors (Lipinski definition) is 1. The molecule has 0 amide bonds. The summed E-state index contributed by atoms with van der Waals surface area (Å²) in [6.07, 6.45) is 2.02. The molecule has 0 saturated carbocycles. The Bertz CT molecular complexity index is 828. The van der Waals surface area contributed by atoms with Gasteiger partial charge in [-0.15, -0.1) is 0 Å². The summed E-state index contributed by atoms with van der Waals surface area (Å²) in [5.74, 6) is 1.44. The number of morpholine rings is 1. The Morgan fingerprint density at radius 1 is 1.19 bits per heavy atom. The molecule has 2 fully saturated rings. The zero-order chi connectivity index (χ0) is 18.9. The van der Waals surface area contributed by atoms with Gasteiger partial charge in [0.25, 0.3) is 5.56 Å². The first-order valence-corrected chi connectivity index (χ1v) is 9.77. The molecule has 1 N–H and O–H groups in total. The first kappa shape index (κ1) is 18.0. The lowest BCUT2D eigenvalue weighted by Crippen LogP contribution is -2.41. The number of rotatable bonds is 4. The van der Waals surface area contributed by atoms with E-state index in [-0.39, 0.29) is 11.0 Å². The summed E-state index contributed by atoms with van der Waals surface area (Å²) in [6, 6.07) is 12.5. The van der Waals surface area contributed by atoms with Crippen molar-refractivity contribution in [2.75, 3.05) is 42.6 Å². The molecule has 0 aliphatic carbocycles. The Labute approximate surface area is 160 Å². The number of nitrogens with zero attached hydrogens (tertiary/aromatic N) is 3. The van der Waals surface area contributed by atoms with Gasteiger partial charge in [0, 0.05) is 31.7 Å². The van der Waals surface area contributed by atoms with Crippen LogP contribution in [0.2, 0.25) is 0 Å². The SMILES string of the molecule is CC1(C)CCN(c2nc(N3CCOCC3)cc(=O)[nH]2)C1Cc1ccccc1. The summed E-state index contributed by atoms with van der Waals surface area (Å²) in [5.41, 5.74) is 1.38. The normalized spacial score (nSPS) is 22.2. The molecular weight excluding hydrogens is 340 g/mol. The van der Waals surface area contributed by atoms with Crippen molar-refractivity contribution in [3.05, 3.63) is 52.3 Å². The molecule has 2 saturated heterocycles. The molecule has 27 heavy (non-hydrogen) atoms. The summed E-state index contributed by atoms with van der Waals surface area (Å²) in [4.78, 5) is 24.6. The molecule has 0 radical (unpaired) electrons. The van der Waals surface area contributed by atoms with Gasteiger partial charge in [0.05, 0.1) is 13.2 Å². The summed E-state index contributed by atoms with van der Waals surface area (Å²) in [7, 11) is 0. The van der Waals surface area contributed by atoms with Gasteiger partial charge in [-0.25, -0.2) is 0 Å². The molecular formula is C21H28N4O2. The van der Waals surface area contributed by atoms with E-state index in [1.165, 1.54) is 5.56 Å². The molecule has 3 heterocycles. The molecule has 1 aromatic carbocycles. The van der Waals surface area contributed by atoms with Crippen LogP contribution < -0.4 is 15.4 Å². The van der Waals surface area contributed by atoms with Gasteiger partial charge in [-0.05, 0) is 23.8 Å². The van der Waals surface area contributed by atoms with Crippen molar-refractivity contribution >= 4 is 11.8 Å². The average molecular weight is 368 g/mol. The van der Waals surface area contributed by atoms with Crippen molar-refractivity contribution in [3.8, 4) is 0 Å². The lowest BCUT2D eigenvalue weighted by molar-refractivity contribution is 0.122. The number of ether oxygens (including phenoxy) is 1. The number of anilines is 2. The molecule has 0 spiro atoms. The zero-order valence-electron chi connectivity index (χ0n) is 16.1. The van der Waals surface area contributed by atoms with Gasteiger partial charge < -0.3 is 14.5 Å². The van der Waals surface area contributed by atoms with E-state index in [0.717, 1.165) is 38.3 Å². The van der Waals surface area contributed by atoms with E-state index in [4.69, 9.17) is 9.72 Å². The quantitative estimate of drug-likeness (QED) is 0.898. The molecule has 0 bridgehead atoms. The van der Waals surface area contributed by atoms with Crippen LogP contribution in [0.3, 0.4) is 0 Å². The van der Waals surface area contributed by atoms with Crippen LogP contribution in [0.1, 0.15) is 25.8 Å². The van der Waals surface area contributed by atoms with Crippen LogP contribution in [0.4, 0.5) is 11.8 Å². The Morgan fingerprint density at radius 2 is 1.93 bits per heavy atom. The molecule has 1 atom stereocenters. The van der Waals surface area contributed by atoms with Crippen molar-refractivity contribution in [2.24, 2.45) is 5.41 Å². The lowest BCUT2D eigenvalue weighted by Gasteiger charge is -2.34. The molecule has 4 rings (SSSR count). The molecule has 144 valence electrons. The van der Waals surface area contributed by atoms with E-state index in [1.54, 1.807) is 6.07 Å². The van der Waals surface area contributed by atoms with Crippen LogP contribution in [0.25, 0.3) is 0 Å². The number of aromatic amines is 1. The minimum atomic E-state index is -0.0929. The van der Waals surface area contributed by atoms with E-state index in [0.29, 0.717) is 25.2 Å². The van der Waals surface area contributed by atoms with Gasteiger partial charge in [-0.2, -0.15) is 4.98 Å². The first-order valence-electron chi connectivity index (χ1n) is 9.77. The largest absolute Gasteiger partial charge is 0.378 e. The van der Waals surface area contributed by atoms with E-state index in [9.17, 15) is 4.79 Å². The Balaban J connectivity index is 1.64. The van der Waals surface area contributed by atoms with Crippen LogP contribution >= 0.6 is 0 Å². The van der Waals surface area contributed by atoms with Crippen LogP contribution in [0.15, 0.2) is 41.2 Å². The summed E-state index contributed by atoms with van der Waals surface area (Å²) < 4.78 is 5.43. The molecule has 2 aliphatic heterocycles. The Morgan fingerprint density at radius 3 is 2.67 bits per heavy atom. The maximum atomic E-state index is 12.4. The topological polar surface area (TPSA) is 61.5 Å². The Kier molecular flexibility index (Phi) is 4.91. The third kappa shape index (κ3) is 3.86. The van der Waals surface area contributed by atoms with Crippen LogP contribution in [0, 0.1) is 5.41 Å². The van der Waals surface area contributed by atoms with Gasteiger partial charge >= 0.3 is 0 Å². The van der Waals surface area contributed by atoms with Gasteiger partial charge in [-0.1, -0.05) is 44.2 Å². The Hall–Kier alpha value is -2.34. The molecule has 6 heteroatoms. The fourth-order valence-corrected chi connectivity index (χ4v) is 4.15. The number of benzene rings is 1. The second-order valence-corrected chi connectivity index (χ2v) is 8.16. The van der Waals surface area contributed by atoms with Gasteiger partial charge in [0.15, 0.2) is 0 Å². The van der Waals surface area contributed by atoms with Crippen molar-refractivity contribution in [1.29, 1.82) is 0 Å². The van der Waals surface area contributed by atoms with Gasteiger partial charge in [0.2, 0.25) is 5.95 Å². The minimum absolute atomic E-state index is 0.0929. The van der Waals surface area contributed by atoms with Crippen LogP contribution in [-0.4, -0.2) is 48.9 Å². The molecule has 2 aromatic rings. The highest BCUT2D eigenvalue weighted by molar-refractivity contribution is 5.46. The smallest absolute Gasteiger partial charge is 0.254 e. The highest BCUT2D eigenvalue weighted by atomic mass is 16.5. The van der Waals surface area contributed by atoms with E-state index >= 15 is 0 Å². The summed E-state index contributed by atoms with van der Waals surface area (Å²) in [5, 5.41) is 0. The zero-order valence-corrected chi connectivity index (χ0v) is 16.1. The third-order valence-electron chi connectivity index (χ3n) is 5.87. The maximum Gasteiger partial charge on any atom is 0.254 e. The van der Waals surface area contributed by atoms with Gasteiger partial charge in [-0.3, -0.25) is 9.78 Å². The van der Waals surface area contributed by atoms with Crippen LogP contribution in [0.5, 0.6) is 0 Å². The highest BCUT2D eigenvalue weighted by Gasteiger charge is 2.41.